The fraction of sp³-hybridized carbons (Fsp3) is 0.167. The zero-order valence-electron chi connectivity index (χ0n) is 10.4. The molecule has 0 atom stereocenters. The third kappa shape index (κ3) is 2.59. The first kappa shape index (κ1) is 12.7. The Morgan fingerprint density at radius 2 is 2.11 bits per heavy atom. The molecule has 0 aromatic carbocycles. The van der Waals surface area contributed by atoms with Crippen LogP contribution < -0.4 is 0 Å². The van der Waals surface area contributed by atoms with Crippen molar-refractivity contribution in [1.82, 2.24) is 19.7 Å². The van der Waals surface area contributed by atoms with E-state index in [4.69, 9.17) is 5.11 Å². The quantitative estimate of drug-likeness (QED) is 0.876. The smallest absolute Gasteiger partial charge is 0.338 e. The van der Waals surface area contributed by atoms with Crippen LogP contribution >= 0.6 is 0 Å². The van der Waals surface area contributed by atoms with Gasteiger partial charge in [0.15, 0.2) is 0 Å². The van der Waals surface area contributed by atoms with Gasteiger partial charge in [-0.2, -0.15) is 5.10 Å². The lowest BCUT2D eigenvalue weighted by Gasteiger charge is -2.10. The third-order valence-corrected chi connectivity index (χ3v) is 2.46. The molecule has 2 aromatic heterocycles. The molecule has 7 heteroatoms. The minimum atomic E-state index is -1.05. The molecule has 19 heavy (non-hydrogen) atoms. The van der Waals surface area contributed by atoms with Gasteiger partial charge in [0, 0.05) is 26.5 Å². The Labute approximate surface area is 109 Å². The van der Waals surface area contributed by atoms with E-state index in [0.29, 0.717) is 5.69 Å². The number of pyridine rings is 1. The van der Waals surface area contributed by atoms with Crippen molar-refractivity contribution < 1.29 is 14.7 Å². The van der Waals surface area contributed by atoms with Crippen molar-refractivity contribution in [1.29, 1.82) is 0 Å². The van der Waals surface area contributed by atoms with E-state index in [1.54, 1.807) is 26.2 Å². The highest BCUT2D eigenvalue weighted by Crippen LogP contribution is 2.10. The number of carboxylic acids is 1. The monoisotopic (exact) mass is 260 g/mol. The predicted octanol–water partition coefficient (Wildman–Crippen LogP) is 0.667. The van der Waals surface area contributed by atoms with Crippen LogP contribution in [0.2, 0.25) is 0 Å². The lowest BCUT2D eigenvalue weighted by Crippen LogP contribution is -2.22. The zero-order valence-corrected chi connectivity index (χ0v) is 10.4. The number of hydrogen-bond donors (Lipinski definition) is 1. The van der Waals surface area contributed by atoms with Crippen LogP contribution in [0.1, 0.15) is 20.8 Å². The van der Waals surface area contributed by atoms with E-state index >= 15 is 0 Å². The first-order chi connectivity index (χ1) is 8.99. The first-order valence-electron chi connectivity index (χ1n) is 5.45. The highest BCUT2D eigenvalue weighted by molar-refractivity contribution is 5.92. The van der Waals surface area contributed by atoms with Gasteiger partial charge in [0.1, 0.15) is 5.69 Å². The van der Waals surface area contributed by atoms with Gasteiger partial charge < -0.3 is 10.0 Å². The molecule has 0 radical (unpaired) electrons. The van der Waals surface area contributed by atoms with Gasteiger partial charge in [-0.05, 0) is 12.1 Å². The maximum Gasteiger partial charge on any atom is 0.338 e. The van der Waals surface area contributed by atoms with Gasteiger partial charge in [-0.15, -0.1) is 0 Å². The van der Waals surface area contributed by atoms with Crippen molar-refractivity contribution >= 4 is 11.9 Å². The number of aromatic carboxylic acids is 1. The van der Waals surface area contributed by atoms with E-state index in [2.05, 4.69) is 10.1 Å². The molecule has 1 amide bonds. The van der Waals surface area contributed by atoms with E-state index in [9.17, 15) is 9.59 Å². The summed E-state index contributed by atoms with van der Waals surface area (Å²) in [6.45, 7) is 0. The van der Waals surface area contributed by atoms with E-state index in [1.807, 2.05) is 0 Å². The SMILES string of the molecule is CN(C)C(=O)c1cc(-n2cc(C(=O)O)cn2)ccn1. The van der Waals surface area contributed by atoms with Crippen LogP contribution in [0.25, 0.3) is 5.69 Å². The molecule has 0 aliphatic carbocycles. The van der Waals surface area contributed by atoms with Crippen LogP contribution in [-0.4, -0.2) is 50.7 Å². The molecule has 2 heterocycles. The molecule has 0 spiro atoms. The van der Waals surface area contributed by atoms with Crippen LogP contribution in [0, 0.1) is 0 Å². The normalized spacial score (nSPS) is 10.2. The van der Waals surface area contributed by atoms with Crippen LogP contribution in [-0.2, 0) is 0 Å². The Kier molecular flexibility index (Phi) is 3.28. The number of rotatable bonds is 3. The average molecular weight is 260 g/mol. The molecule has 0 saturated heterocycles. The van der Waals surface area contributed by atoms with Gasteiger partial charge in [0.05, 0.1) is 17.4 Å². The molecule has 0 saturated carbocycles. The van der Waals surface area contributed by atoms with Crippen LogP contribution in [0.3, 0.4) is 0 Å². The minimum Gasteiger partial charge on any atom is -0.478 e. The summed E-state index contributed by atoms with van der Waals surface area (Å²) in [6.07, 6.45) is 4.10. The van der Waals surface area contributed by atoms with Crippen molar-refractivity contribution in [2.45, 2.75) is 0 Å². The largest absolute Gasteiger partial charge is 0.478 e. The zero-order chi connectivity index (χ0) is 14.0. The first-order valence-corrected chi connectivity index (χ1v) is 5.45. The highest BCUT2D eigenvalue weighted by atomic mass is 16.4. The van der Waals surface area contributed by atoms with Crippen LogP contribution in [0.5, 0.6) is 0 Å². The van der Waals surface area contributed by atoms with Crippen LogP contribution in [0.4, 0.5) is 0 Å². The topological polar surface area (TPSA) is 88.3 Å². The number of aromatic nitrogens is 3. The number of nitrogens with zero attached hydrogens (tertiary/aromatic N) is 4. The number of carboxylic acid groups (broad SMARTS) is 1. The molecule has 0 unspecified atom stereocenters. The fourth-order valence-electron chi connectivity index (χ4n) is 1.48. The van der Waals surface area contributed by atoms with E-state index in [-0.39, 0.29) is 17.2 Å². The molecule has 98 valence electrons. The lowest BCUT2D eigenvalue weighted by atomic mass is 10.3. The predicted molar refractivity (Wildman–Crippen MR) is 66.3 cm³/mol. The van der Waals surface area contributed by atoms with Crippen LogP contribution in [0.15, 0.2) is 30.7 Å². The Hall–Kier alpha value is -2.70. The fourth-order valence-corrected chi connectivity index (χ4v) is 1.48. The summed E-state index contributed by atoms with van der Waals surface area (Å²) >= 11 is 0. The maximum absolute atomic E-state index is 11.8. The molecule has 7 nitrogen and oxygen atoms in total. The number of hydrogen-bond acceptors (Lipinski definition) is 4. The number of amides is 1. The van der Waals surface area contributed by atoms with Crippen molar-refractivity contribution in [2.75, 3.05) is 14.1 Å². The van der Waals surface area contributed by atoms with Crippen molar-refractivity contribution in [3.8, 4) is 5.69 Å². The maximum atomic E-state index is 11.8. The Morgan fingerprint density at radius 1 is 1.37 bits per heavy atom. The van der Waals surface area contributed by atoms with E-state index < -0.39 is 5.97 Å². The summed E-state index contributed by atoms with van der Waals surface area (Å²) in [5.41, 5.74) is 0.930. The third-order valence-electron chi connectivity index (χ3n) is 2.46. The second kappa shape index (κ2) is 4.89. The summed E-state index contributed by atoms with van der Waals surface area (Å²) in [5, 5.41) is 12.8. The summed E-state index contributed by atoms with van der Waals surface area (Å²) in [5.74, 6) is -1.28. The second-order valence-corrected chi connectivity index (χ2v) is 4.08. The Balaban J connectivity index is 2.37. The molecule has 0 fully saturated rings. The molecule has 0 aliphatic heterocycles. The Morgan fingerprint density at radius 3 is 2.68 bits per heavy atom. The molecule has 0 bridgehead atoms. The van der Waals surface area contributed by atoms with Gasteiger partial charge in [-0.1, -0.05) is 0 Å². The van der Waals surface area contributed by atoms with Gasteiger partial charge in [-0.25, -0.2) is 9.48 Å². The summed E-state index contributed by atoms with van der Waals surface area (Å²) in [7, 11) is 3.26. The van der Waals surface area contributed by atoms with Crippen molar-refractivity contribution in [3.63, 3.8) is 0 Å². The van der Waals surface area contributed by atoms with E-state index in [1.165, 1.54) is 28.2 Å². The molecular formula is C12H12N4O3. The molecule has 2 rings (SSSR count). The highest BCUT2D eigenvalue weighted by Gasteiger charge is 2.12. The van der Waals surface area contributed by atoms with Crippen molar-refractivity contribution in [2.24, 2.45) is 0 Å². The lowest BCUT2D eigenvalue weighted by molar-refractivity contribution is 0.0696. The van der Waals surface area contributed by atoms with Gasteiger partial charge in [0.25, 0.3) is 5.91 Å². The van der Waals surface area contributed by atoms with Crippen molar-refractivity contribution in [3.05, 3.63) is 42.0 Å². The second-order valence-electron chi connectivity index (χ2n) is 4.08. The standard InChI is InChI=1S/C12H12N4O3/c1-15(2)11(17)10-5-9(3-4-13-10)16-7-8(6-14-16)12(18)19/h3-7H,1-2H3,(H,18,19). The Bertz CT molecular complexity index is 633. The summed E-state index contributed by atoms with van der Waals surface area (Å²) < 4.78 is 1.39. The molecule has 2 aromatic rings. The molecular weight excluding hydrogens is 248 g/mol. The number of carbonyl (C=O) groups is 2. The van der Waals surface area contributed by atoms with Gasteiger partial charge in [0.2, 0.25) is 0 Å². The minimum absolute atomic E-state index is 0.0808. The summed E-state index contributed by atoms with van der Waals surface area (Å²) in [4.78, 5) is 28.0. The molecule has 0 aliphatic rings. The summed E-state index contributed by atoms with van der Waals surface area (Å²) in [6, 6.07) is 3.20. The van der Waals surface area contributed by atoms with Gasteiger partial charge >= 0.3 is 5.97 Å². The van der Waals surface area contributed by atoms with E-state index in [0.717, 1.165) is 0 Å². The average Bonchev–Trinajstić information content (AvgIpc) is 2.87. The number of carbonyl (C=O) groups excluding carboxylic acids is 1. The molecule has 1 N–H and O–H groups in total. The van der Waals surface area contributed by atoms with Gasteiger partial charge in [-0.3, -0.25) is 9.78 Å².